The third-order valence-corrected chi connectivity index (χ3v) is 16.6. The van der Waals surface area contributed by atoms with Gasteiger partial charge in [0.25, 0.3) is 0 Å². The zero-order valence-electron chi connectivity index (χ0n) is 11.0. The summed E-state index contributed by atoms with van der Waals surface area (Å²) in [5.41, 5.74) is 0. The maximum atomic E-state index is 6.03. The van der Waals surface area contributed by atoms with Gasteiger partial charge < -0.3 is 0 Å². The van der Waals surface area contributed by atoms with Crippen LogP contribution in [0.15, 0.2) is 0 Å². The fourth-order valence-electron chi connectivity index (χ4n) is 1.55. The molecule has 0 aromatic rings. The standard InChI is InChI=1S/2C3H8N.2C2H5O.Hf/c2*1-3-4-2;2*1-2-3;/h2*3H2,1-2H3;2*2H2,1H3;/q4*-1;+4. The van der Waals surface area contributed by atoms with E-state index < -0.39 is 21.4 Å². The van der Waals surface area contributed by atoms with Gasteiger partial charge in [0, 0.05) is 0 Å². The second-order valence-electron chi connectivity index (χ2n) is 3.44. The Morgan fingerprint density at radius 3 is 1.33 bits per heavy atom. The molecule has 0 radical (unpaired) electrons. The van der Waals surface area contributed by atoms with Gasteiger partial charge in [-0.15, -0.1) is 0 Å². The Kier molecular flexibility index (Phi) is 8.27. The van der Waals surface area contributed by atoms with Gasteiger partial charge >= 0.3 is 101 Å². The maximum absolute atomic E-state index is 6.03. The number of nitrogens with zero attached hydrogens (tertiary/aromatic N) is 2. The van der Waals surface area contributed by atoms with E-state index in [1.165, 1.54) is 0 Å². The van der Waals surface area contributed by atoms with E-state index in [0.717, 1.165) is 26.3 Å². The molecule has 0 saturated carbocycles. The van der Waals surface area contributed by atoms with Gasteiger partial charge in [0.2, 0.25) is 0 Å². The van der Waals surface area contributed by atoms with Crippen molar-refractivity contribution in [1.82, 2.24) is 5.78 Å². The Morgan fingerprint density at radius 1 is 0.800 bits per heavy atom. The Balaban J connectivity index is 4.86. The molecular formula is C10H26HfN2O2. The van der Waals surface area contributed by atoms with E-state index in [1.807, 2.05) is 13.8 Å². The van der Waals surface area contributed by atoms with E-state index in [4.69, 9.17) is 5.71 Å². The van der Waals surface area contributed by atoms with Crippen molar-refractivity contribution in [1.29, 1.82) is 0 Å². The summed E-state index contributed by atoms with van der Waals surface area (Å²) in [7, 11) is 4.22. The van der Waals surface area contributed by atoms with Gasteiger partial charge in [-0.25, -0.2) is 0 Å². The molecule has 0 fully saturated rings. The first kappa shape index (κ1) is 15.7. The molecule has 0 spiro atoms. The predicted molar refractivity (Wildman–Crippen MR) is 59.9 cm³/mol. The molecule has 0 rings (SSSR count). The third kappa shape index (κ3) is 3.89. The van der Waals surface area contributed by atoms with Crippen LogP contribution in [0, 0.1) is 0 Å². The van der Waals surface area contributed by atoms with Gasteiger partial charge in [0.1, 0.15) is 0 Å². The SMILES string of the molecule is CC[O][Hf]([O]CC)([N](C)CC)[N](C)CC. The monoisotopic (exact) mass is 386 g/mol. The fraction of sp³-hybridized carbons (Fsp3) is 1.00. The molecule has 0 aromatic heterocycles. The molecule has 0 bridgehead atoms. The molecule has 92 valence electrons. The molecule has 0 N–H and O–H groups in total. The van der Waals surface area contributed by atoms with E-state index in [1.54, 1.807) is 0 Å². The predicted octanol–water partition coefficient (Wildman–Crippen LogP) is 1.78. The molecule has 0 unspecified atom stereocenters. The van der Waals surface area contributed by atoms with Crippen molar-refractivity contribution in [2.75, 3.05) is 40.4 Å². The van der Waals surface area contributed by atoms with Crippen molar-refractivity contribution >= 4 is 0 Å². The summed E-state index contributed by atoms with van der Waals surface area (Å²) in [6, 6.07) is 0. The topological polar surface area (TPSA) is 24.9 Å². The summed E-state index contributed by atoms with van der Waals surface area (Å²) in [5.74, 6) is 0. The molecule has 5 heteroatoms. The minimum absolute atomic E-state index is 0.732. The number of hydrogen-bond acceptors (Lipinski definition) is 4. The van der Waals surface area contributed by atoms with Gasteiger partial charge in [-0.1, -0.05) is 0 Å². The van der Waals surface area contributed by atoms with Crippen LogP contribution in [0.1, 0.15) is 27.7 Å². The van der Waals surface area contributed by atoms with Crippen LogP contribution in [0.2, 0.25) is 0 Å². The Labute approximate surface area is 101 Å². The average Bonchev–Trinajstić information content (AvgIpc) is 2.26. The van der Waals surface area contributed by atoms with E-state index in [-0.39, 0.29) is 0 Å². The molecule has 0 aromatic carbocycles. The van der Waals surface area contributed by atoms with Gasteiger partial charge in [-0.2, -0.15) is 0 Å². The average molecular weight is 385 g/mol. The Bertz CT molecular complexity index is 152. The number of hydrogen-bond donors (Lipinski definition) is 0. The van der Waals surface area contributed by atoms with Crippen LogP contribution in [0.5, 0.6) is 0 Å². The van der Waals surface area contributed by atoms with Gasteiger partial charge in [0.15, 0.2) is 0 Å². The molecule has 0 aliphatic heterocycles. The van der Waals surface area contributed by atoms with Crippen LogP contribution in [0.3, 0.4) is 0 Å². The zero-order valence-corrected chi connectivity index (χ0v) is 14.6. The molecule has 0 atom stereocenters. The molecule has 4 nitrogen and oxygen atoms in total. The van der Waals surface area contributed by atoms with E-state index in [9.17, 15) is 0 Å². The van der Waals surface area contributed by atoms with Crippen LogP contribution >= 0.6 is 0 Å². The first-order valence-electron chi connectivity index (χ1n) is 5.79. The van der Waals surface area contributed by atoms with Crippen LogP contribution in [-0.2, 0) is 27.1 Å². The van der Waals surface area contributed by atoms with Crippen LogP contribution in [-0.4, -0.2) is 46.2 Å². The van der Waals surface area contributed by atoms with Gasteiger partial charge in [-0.3, -0.25) is 0 Å². The minimum atomic E-state index is -3.31. The van der Waals surface area contributed by atoms with Crippen molar-refractivity contribution < 1.29 is 27.1 Å². The van der Waals surface area contributed by atoms with Crippen LogP contribution in [0.4, 0.5) is 0 Å². The first-order chi connectivity index (χ1) is 7.08. The molecule has 0 aliphatic carbocycles. The Hall–Kier alpha value is 0.710. The van der Waals surface area contributed by atoms with Crippen molar-refractivity contribution in [2.45, 2.75) is 27.7 Å². The Morgan fingerprint density at radius 2 is 1.13 bits per heavy atom. The van der Waals surface area contributed by atoms with Gasteiger partial charge in [-0.05, 0) is 0 Å². The summed E-state index contributed by atoms with van der Waals surface area (Å²) in [5, 5.41) is 0. The second-order valence-corrected chi connectivity index (χ2v) is 14.9. The van der Waals surface area contributed by atoms with Crippen molar-refractivity contribution in [3.63, 3.8) is 0 Å². The van der Waals surface area contributed by atoms with E-state index in [0.29, 0.717) is 0 Å². The third-order valence-electron chi connectivity index (χ3n) is 2.58. The van der Waals surface area contributed by atoms with E-state index >= 15 is 0 Å². The van der Waals surface area contributed by atoms with Crippen molar-refractivity contribution in [3.05, 3.63) is 0 Å². The second kappa shape index (κ2) is 7.90. The summed E-state index contributed by atoms with van der Waals surface area (Å²) in [6.45, 7) is 11.8. The molecule has 15 heavy (non-hydrogen) atoms. The van der Waals surface area contributed by atoms with E-state index in [2.05, 4.69) is 33.7 Å². The number of rotatable bonds is 8. The van der Waals surface area contributed by atoms with Crippen LogP contribution < -0.4 is 0 Å². The summed E-state index contributed by atoms with van der Waals surface area (Å²) < 4.78 is 16.6. The van der Waals surface area contributed by atoms with Crippen molar-refractivity contribution in [2.24, 2.45) is 0 Å². The van der Waals surface area contributed by atoms with Crippen LogP contribution in [0.25, 0.3) is 0 Å². The van der Waals surface area contributed by atoms with Gasteiger partial charge in [0.05, 0.1) is 0 Å². The summed E-state index contributed by atoms with van der Waals surface area (Å²) in [4.78, 5) is 0. The summed E-state index contributed by atoms with van der Waals surface area (Å²) >= 11 is -3.31. The molecule has 0 heterocycles. The summed E-state index contributed by atoms with van der Waals surface area (Å²) in [6.07, 6.45) is 0. The first-order valence-corrected chi connectivity index (χ1v) is 11.9. The fourth-order valence-corrected chi connectivity index (χ4v) is 12.7. The molecule has 0 saturated heterocycles. The van der Waals surface area contributed by atoms with Crippen molar-refractivity contribution in [3.8, 4) is 0 Å². The zero-order chi connectivity index (χ0) is 11.9. The molecular weight excluding hydrogens is 359 g/mol. The molecule has 0 amide bonds. The normalized spacial score (nSPS) is 12.8. The quantitative estimate of drug-likeness (QED) is 0.596. The molecule has 0 aliphatic rings.